The van der Waals surface area contributed by atoms with Gasteiger partial charge in [-0.05, 0) is 32.0 Å². The number of carboxylic acids is 1. The molecule has 3 heterocycles. The van der Waals surface area contributed by atoms with Crippen molar-refractivity contribution in [1.29, 1.82) is 0 Å². The molecule has 2 saturated heterocycles. The number of carbonyl (C=O) groups excluding carboxylic acids is 2. The fourth-order valence-electron chi connectivity index (χ4n) is 3.99. The Morgan fingerprint density at radius 2 is 1.80 bits per heavy atom. The van der Waals surface area contributed by atoms with E-state index in [0.29, 0.717) is 25.3 Å². The molecular weight excluding hydrogens is 485 g/mol. The lowest BCUT2D eigenvalue weighted by Gasteiger charge is -2.29. The molecule has 190 valence electrons. The molecule has 2 aliphatic heterocycles. The van der Waals surface area contributed by atoms with Crippen LogP contribution in [0.25, 0.3) is 10.9 Å². The molecule has 35 heavy (non-hydrogen) atoms. The van der Waals surface area contributed by atoms with E-state index in [1.807, 2.05) is 0 Å². The summed E-state index contributed by atoms with van der Waals surface area (Å²) in [5.41, 5.74) is -1.71. The third-order valence-corrected chi connectivity index (χ3v) is 5.77. The van der Waals surface area contributed by atoms with Gasteiger partial charge in [0.05, 0.1) is 22.9 Å². The van der Waals surface area contributed by atoms with Crippen molar-refractivity contribution in [3.63, 3.8) is 0 Å². The molecule has 4 N–H and O–H groups in total. The molecular formula is C21H20F5N3O6. The minimum absolute atomic E-state index is 0.0642. The molecule has 2 fully saturated rings. The van der Waals surface area contributed by atoms with Crippen molar-refractivity contribution >= 4 is 28.7 Å². The summed E-state index contributed by atoms with van der Waals surface area (Å²) in [6.07, 6.45) is -2.56. The number of nitrogens with one attached hydrogen (secondary N) is 3. The van der Waals surface area contributed by atoms with E-state index in [0.717, 1.165) is 25.4 Å². The van der Waals surface area contributed by atoms with Crippen molar-refractivity contribution in [2.45, 2.75) is 31.5 Å². The molecule has 0 saturated carbocycles. The maximum absolute atomic E-state index is 13.8. The van der Waals surface area contributed by atoms with Crippen molar-refractivity contribution < 1.29 is 46.2 Å². The zero-order chi connectivity index (χ0) is 26.0. The zero-order valence-corrected chi connectivity index (χ0v) is 17.9. The van der Waals surface area contributed by atoms with Gasteiger partial charge in [0.2, 0.25) is 5.43 Å². The number of H-pyrrole nitrogens is 1. The largest absolute Gasteiger partial charge is 0.490 e. The Hall–Kier alpha value is -3.55. The van der Waals surface area contributed by atoms with Crippen LogP contribution in [-0.2, 0) is 14.3 Å². The molecule has 2 aromatic rings. The van der Waals surface area contributed by atoms with E-state index in [1.165, 1.54) is 0 Å². The summed E-state index contributed by atoms with van der Waals surface area (Å²) in [6, 6.07) is 1.54. The third kappa shape index (κ3) is 5.75. The second-order valence-corrected chi connectivity index (χ2v) is 8.12. The summed E-state index contributed by atoms with van der Waals surface area (Å²) < 4.78 is 64.3. The molecule has 1 aromatic carbocycles. The molecule has 1 amide bonds. The smallest absolute Gasteiger partial charge is 0.475 e. The summed E-state index contributed by atoms with van der Waals surface area (Å²) in [5, 5.41) is 12.7. The minimum Gasteiger partial charge on any atom is -0.475 e. The summed E-state index contributed by atoms with van der Waals surface area (Å²) >= 11 is 0. The molecule has 14 heteroatoms. The molecule has 1 atom stereocenters. The van der Waals surface area contributed by atoms with Crippen molar-refractivity contribution in [1.82, 2.24) is 15.6 Å². The second-order valence-electron chi connectivity index (χ2n) is 8.12. The molecule has 0 bridgehead atoms. The number of benzene rings is 1. The van der Waals surface area contributed by atoms with Crippen LogP contribution in [0, 0.1) is 17.0 Å². The molecule has 1 aromatic heterocycles. The number of piperidine rings is 1. The number of aromatic amines is 1. The highest BCUT2D eigenvalue weighted by Gasteiger charge is 2.49. The Balaban J connectivity index is 0.000000429. The molecule has 4 rings (SSSR count). The number of aliphatic carboxylic acids is 1. The maximum atomic E-state index is 13.8. The summed E-state index contributed by atoms with van der Waals surface area (Å²) in [5.74, 6) is -5.52. The van der Waals surface area contributed by atoms with Gasteiger partial charge in [0.25, 0.3) is 5.91 Å². The van der Waals surface area contributed by atoms with E-state index >= 15 is 0 Å². The van der Waals surface area contributed by atoms with E-state index in [9.17, 15) is 36.3 Å². The number of carbonyl (C=O) groups is 3. The number of aromatic nitrogens is 1. The Kier molecular flexibility index (Phi) is 7.43. The lowest BCUT2D eigenvalue weighted by molar-refractivity contribution is -0.192. The second kappa shape index (κ2) is 9.98. The number of hydrogen-bond donors (Lipinski definition) is 4. The zero-order valence-electron chi connectivity index (χ0n) is 17.9. The SMILES string of the molecule is O=C(NCC1CC2(CCNCC2)C(=O)O1)c1c[nH]c2c(F)cc(F)cc2c1=O.O=C(O)C(F)(F)F. The number of hydrogen-bond acceptors (Lipinski definition) is 6. The van der Waals surface area contributed by atoms with Crippen LogP contribution in [0.2, 0.25) is 0 Å². The van der Waals surface area contributed by atoms with Gasteiger partial charge < -0.3 is 25.5 Å². The minimum atomic E-state index is -5.08. The Bertz CT molecular complexity index is 1210. The molecule has 0 aliphatic carbocycles. The molecule has 1 unspecified atom stereocenters. The highest BCUT2D eigenvalue weighted by atomic mass is 19.4. The Morgan fingerprint density at radius 1 is 1.17 bits per heavy atom. The van der Waals surface area contributed by atoms with Gasteiger partial charge in [-0.2, -0.15) is 13.2 Å². The van der Waals surface area contributed by atoms with Gasteiger partial charge in [0.1, 0.15) is 23.3 Å². The molecule has 0 radical (unpaired) electrons. The van der Waals surface area contributed by atoms with Gasteiger partial charge in [-0.1, -0.05) is 0 Å². The van der Waals surface area contributed by atoms with Crippen LogP contribution < -0.4 is 16.1 Å². The Morgan fingerprint density at radius 3 is 2.40 bits per heavy atom. The number of ether oxygens (including phenoxy) is 1. The first-order valence-electron chi connectivity index (χ1n) is 10.3. The fraction of sp³-hybridized carbons (Fsp3) is 0.429. The number of alkyl halides is 3. The number of cyclic esters (lactones) is 1. The van der Waals surface area contributed by atoms with E-state index in [-0.39, 0.29) is 29.0 Å². The summed E-state index contributed by atoms with van der Waals surface area (Å²) in [6.45, 7) is 1.55. The molecule has 2 aliphatic rings. The van der Waals surface area contributed by atoms with Crippen LogP contribution in [0.15, 0.2) is 23.1 Å². The summed E-state index contributed by atoms with van der Waals surface area (Å²) in [4.78, 5) is 48.5. The van der Waals surface area contributed by atoms with Crippen molar-refractivity contribution in [3.05, 3.63) is 45.8 Å². The van der Waals surface area contributed by atoms with Gasteiger partial charge in [0.15, 0.2) is 0 Å². The van der Waals surface area contributed by atoms with Crippen molar-refractivity contribution in [2.24, 2.45) is 5.41 Å². The number of amides is 1. The van der Waals surface area contributed by atoms with Crippen LogP contribution in [0.5, 0.6) is 0 Å². The van der Waals surface area contributed by atoms with E-state index < -0.39 is 46.6 Å². The van der Waals surface area contributed by atoms with Crippen LogP contribution >= 0.6 is 0 Å². The van der Waals surface area contributed by atoms with Crippen molar-refractivity contribution in [2.75, 3.05) is 19.6 Å². The number of halogens is 5. The Labute approximate surface area is 193 Å². The van der Waals surface area contributed by atoms with Gasteiger partial charge in [-0.25, -0.2) is 13.6 Å². The molecule has 1 spiro atoms. The molecule has 9 nitrogen and oxygen atoms in total. The normalized spacial score (nSPS) is 19.1. The lowest BCUT2D eigenvalue weighted by atomic mass is 9.76. The number of rotatable bonds is 3. The average molecular weight is 505 g/mol. The standard InChI is InChI=1S/C19H19F2N3O4.C2HF3O2/c20-10-5-12-15(14(21)6-10)23-9-13(16(12)25)17(26)24-8-11-7-19(18(27)28-11)1-3-22-4-2-19;3-2(4,5)1(6)7/h5-6,9,11,22H,1-4,7-8H2,(H,23,25)(H,24,26);(H,6,7). The van der Waals surface area contributed by atoms with Crippen LogP contribution in [-0.4, -0.2) is 59.9 Å². The average Bonchev–Trinajstić information content (AvgIpc) is 3.07. The number of esters is 1. The quantitative estimate of drug-likeness (QED) is 0.369. The fourth-order valence-corrected chi connectivity index (χ4v) is 3.99. The number of fused-ring (bicyclic) bond motifs is 1. The van der Waals surface area contributed by atoms with E-state index in [1.54, 1.807) is 0 Å². The van der Waals surface area contributed by atoms with Crippen LogP contribution in [0.3, 0.4) is 0 Å². The van der Waals surface area contributed by atoms with Gasteiger partial charge >= 0.3 is 18.1 Å². The predicted octanol–water partition coefficient (Wildman–Crippen LogP) is 1.85. The predicted molar refractivity (Wildman–Crippen MR) is 110 cm³/mol. The summed E-state index contributed by atoms with van der Waals surface area (Å²) in [7, 11) is 0. The first kappa shape index (κ1) is 26.1. The first-order chi connectivity index (χ1) is 16.3. The number of pyridine rings is 1. The number of carboxylic acid groups (broad SMARTS) is 1. The lowest BCUT2D eigenvalue weighted by Crippen LogP contribution is -2.40. The van der Waals surface area contributed by atoms with E-state index in [2.05, 4.69) is 15.6 Å². The highest BCUT2D eigenvalue weighted by Crippen LogP contribution is 2.41. The highest BCUT2D eigenvalue weighted by molar-refractivity contribution is 5.97. The first-order valence-corrected chi connectivity index (χ1v) is 10.3. The van der Waals surface area contributed by atoms with E-state index in [4.69, 9.17) is 14.6 Å². The topological polar surface area (TPSA) is 138 Å². The third-order valence-electron chi connectivity index (χ3n) is 5.77. The van der Waals surface area contributed by atoms with Crippen LogP contribution in [0.1, 0.15) is 29.6 Å². The van der Waals surface area contributed by atoms with Crippen molar-refractivity contribution in [3.8, 4) is 0 Å². The monoisotopic (exact) mass is 505 g/mol. The van der Waals surface area contributed by atoms with Crippen LogP contribution in [0.4, 0.5) is 22.0 Å². The maximum Gasteiger partial charge on any atom is 0.490 e. The van der Waals surface area contributed by atoms with Gasteiger partial charge in [-0.15, -0.1) is 0 Å². The van der Waals surface area contributed by atoms with Gasteiger partial charge in [-0.3, -0.25) is 14.4 Å². The van der Waals surface area contributed by atoms with Gasteiger partial charge in [0, 0.05) is 18.7 Å².